The third-order valence-electron chi connectivity index (χ3n) is 3.39. The summed E-state index contributed by atoms with van der Waals surface area (Å²) in [6, 6.07) is 17.8. The Kier molecular flexibility index (Phi) is 5.96. The molecule has 0 unspecified atom stereocenters. The van der Waals surface area contributed by atoms with Crippen LogP contribution >= 0.6 is 11.8 Å². The van der Waals surface area contributed by atoms with E-state index in [1.807, 2.05) is 12.1 Å². The molecule has 23 heavy (non-hydrogen) atoms. The number of amides is 1. The maximum atomic E-state index is 12.7. The molecule has 120 valence electrons. The van der Waals surface area contributed by atoms with Gasteiger partial charge in [0.1, 0.15) is 0 Å². The molecule has 2 aromatic carbocycles. The molecular weight excluding hydrogens is 310 g/mol. The summed E-state index contributed by atoms with van der Waals surface area (Å²) in [6.45, 7) is 1.81. The summed E-state index contributed by atoms with van der Waals surface area (Å²) in [7, 11) is 0. The number of benzene rings is 2. The first-order valence-corrected chi connectivity index (χ1v) is 8.29. The predicted octanol–water partition coefficient (Wildman–Crippen LogP) is 2.32. The van der Waals surface area contributed by atoms with Crippen LogP contribution in [0, 0.1) is 0 Å². The van der Waals surface area contributed by atoms with Gasteiger partial charge in [0.15, 0.2) is 5.60 Å². The maximum absolute atomic E-state index is 12.7. The van der Waals surface area contributed by atoms with Crippen LogP contribution in [0.5, 0.6) is 0 Å². The SMILES string of the molecule is CC(=O)NCCSC(=O)C(O)(c1ccccc1)c1ccccc1. The second-order valence-corrected chi connectivity index (χ2v) is 6.13. The van der Waals surface area contributed by atoms with Crippen LogP contribution in [0.2, 0.25) is 0 Å². The van der Waals surface area contributed by atoms with Gasteiger partial charge in [0.25, 0.3) is 0 Å². The topological polar surface area (TPSA) is 66.4 Å². The van der Waals surface area contributed by atoms with E-state index in [-0.39, 0.29) is 11.0 Å². The van der Waals surface area contributed by atoms with E-state index < -0.39 is 5.60 Å². The minimum Gasteiger partial charge on any atom is -0.372 e. The highest BCUT2D eigenvalue weighted by atomic mass is 32.2. The number of nitrogens with one attached hydrogen (secondary N) is 1. The Bertz CT molecular complexity index is 619. The molecule has 2 aromatic rings. The molecule has 0 atom stereocenters. The van der Waals surface area contributed by atoms with Gasteiger partial charge in [0, 0.05) is 19.2 Å². The monoisotopic (exact) mass is 329 g/mol. The van der Waals surface area contributed by atoms with Crippen LogP contribution < -0.4 is 5.32 Å². The van der Waals surface area contributed by atoms with Gasteiger partial charge in [-0.15, -0.1) is 0 Å². The standard InChI is InChI=1S/C18H19NO3S/c1-14(20)19-12-13-23-17(21)18(22,15-8-4-2-5-9-15)16-10-6-3-7-11-16/h2-11,22H,12-13H2,1H3,(H,19,20). The number of carbonyl (C=O) groups is 2. The summed E-state index contributed by atoms with van der Waals surface area (Å²) in [5, 5.41) is 13.5. The lowest BCUT2D eigenvalue weighted by atomic mass is 9.87. The van der Waals surface area contributed by atoms with Crippen LogP contribution in [0.25, 0.3) is 0 Å². The number of carbonyl (C=O) groups excluding carboxylic acids is 2. The highest BCUT2D eigenvalue weighted by molar-refractivity contribution is 8.13. The summed E-state index contributed by atoms with van der Waals surface area (Å²) in [5.74, 6) is 0.264. The van der Waals surface area contributed by atoms with Crippen LogP contribution in [0.15, 0.2) is 60.7 Å². The number of rotatable bonds is 6. The fourth-order valence-electron chi connectivity index (χ4n) is 2.24. The molecule has 2 N–H and O–H groups in total. The first-order chi connectivity index (χ1) is 11.0. The van der Waals surface area contributed by atoms with Crippen molar-refractivity contribution in [2.24, 2.45) is 0 Å². The number of hydrogen-bond acceptors (Lipinski definition) is 4. The fourth-order valence-corrected chi connectivity index (χ4v) is 3.07. The van der Waals surface area contributed by atoms with Crippen LogP contribution in [0.1, 0.15) is 18.1 Å². The van der Waals surface area contributed by atoms with Crippen molar-refractivity contribution in [1.82, 2.24) is 5.32 Å². The van der Waals surface area contributed by atoms with Gasteiger partial charge < -0.3 is 10.4 Å². The molecule has 0 bridgehead atoms. The second-order valence-electron chi connectivity index (χ2n) is 5.06. The van der Waals surface area contributed by atoms with E-state index in [9.17, 15) is 14.7 Å². The molecule has 4 nitrogen and oxygen atoms in total. The molecular formula is C18H19NO3S. The maximum Gasteiger partial charge on any atom is 0.229 e. The summed E-state index contributed by atoms with van der Waals surface area (Å²) in [5.41, 5.74) is -0.643. The molecule has 0 aliphatic carbocycles. The lowest BCUT2D eigenvalue weighted by molar-refractivity contribution is -0.125. The van der Waals surface area contributed by atoms with Crippen LogP contribution in [0.3, 0.4) is 0 Å². The van der Waals surface area contributed by atoms with Gasteiger partial charge in [-0.05, 0) is 11.1 Å². The molecule has 0 aliphatic rings. The molecule has 0 saturated carbocycles. The Morgan fingerprint density at radius 3 is 1.91 bits per heavy atom. The zero-order valence-electron chi connectivity index (χ0n) is 12.9. The van der Waals surface area contributed by atoms with Gasteiger partial charge in [-0.2, -0.15) is 0 Å². The molecule has 0 radical (unpaired) electrons. The number of thioether (sulfide) groups is 1. The largest absolute Gasteiger partial charge is 0.372 e. The van der Waals surface area contributed by atoms with Crippen molar-refractivity contribution in [3.63, 3.8) is 0 Å². The zero-order chi connectivity index (χ0) is 16.7. The van der Waals surface area contributed by atoms with Crippen LogP contribution in [-0.4, -0.2) is 28.4 Å². The average molecular weight is 329 g/mol. The van der Waals surface area contributed by atoms with E-state index >= 15 is 0 Å². The van der Waals surface area contributed by atoms with Gasteiger partial charge in [-0.3, -0.25) is 9.59 Å². The lowest BCUT2D eigenvalue weighted by Gasteiger charge is -2.27. The van der Waals surface area contributed by atoms with E-state index in [1.54, 1.807) is 48.5 Å². The van der Waals surface area contributed by atoms with Crippen molar-refractivity contribution in [3.8, 4) is 0 Å². The van der Waals surface area contributed by atoms with Crippen molar-refractivity contribution < 1.29 is 14.7 Å². The molecule has 1 amide bonds. The molecule has 0 spiro atoms. The second kappa shape index (κ2) is 7.94. The third kappa shape index (κ3) is 4.21. The van der Waals surface area contributed by atoms with E-state index in [4.69, 9.17) is 0 Å². The van der Waals surface area contributed by atoms with Crippen molar-refractivity contribution in [3.05, 3.63) is 71.8 Å². The van der Waals surface area contributed by atoms with Crippen molar-refractivity contribution >= 4 is 22.8 Å². The molecule has 5 heteroatoms. The molecule has 0 fully saturated rings. The number of aliphatic hydroxyl groups is 1. The average Bonchev–Trinajstić information content (AvgIpc) is 2.59. The summed E-state index contributed by atoms with van der Waals surface area (Å²) in [4.78, 5) is 23.6. The van der Waals surface area contributed by atoms with Gasteiger partial charge in [0.05, 0.1) is 0 Å². The van der Waals surface area contributed by atoms with Gasteiger partial charge in [-0.25, -0.2) is 0 Å². The number of hydrogen-bond donors (Lipinski definition) is 2. The minimum atomic E-state index is -1.70. The first-order valence-electron chi connectivity index (χ1n) is 7.30. The smallest absolute Gasteiger partial charge is 0.229 e. The Morgan fingerprint density at radius 2 is 1.48 bits per heavy atom. The molecule has 0 aromatic heterocycles. The summed E-state index contributed by atoms with van der Waals surface area (Å²) in [6.07, 6.45) is 0. The van der Waals surface area contributed by atoms with Crippen LogP contribution in [0.4, 0.5) is 0 Å². The highest BCUT2D eigenvalue weighted by Gasteiger charge is 2.39. The zero-order valence-corrected chi connectivity index (χ0v) is 13.7. The quantitative estimate of drug-likeness (QED) is 0.798. The van der Waals surface area contributed by atoms with E-state index in [1.165, 1.54) is 6.92 Å². The fraction of sp³-hybridized carbons (Fsp3) is 0.222. The molecule has 0 aliphatic heterocycles. The summed E-state index contributed by atoms with van der Waals surface area (Å²) < 4.78 is 0. The first kappa shape index (κ1) is 17.2. The van der Waals surface area contributed by atoms with Gasteiger partial charge >= 0.3 is 0 Å². The van der Waals surface area contributed by atoms with Crippen molar-refractivity contribution in [1.29, 1.82) is 0 Å². The Hall–Kier alpha value is -2.11. The predicted molar refractivity (Wildman–Crippen MR) is 92.0 cm³/mol. The molecule has 2 rings (SSSR count). The van der Waals surface area contributed by atoms with Crippen molar-refractivity contribution in [2.75, 3.05) is 12.3 Å². The molecule has 0 heterocycles. The van der Waals surface area contributed by atoms with E-state index in [0.717, 1.165) is 11.8 Å². The lowest BCUT2D eigenvalue weighted by Crippen LogP contribution is -2.36. The van der Waals surface area contributed by atoms with Crippen LogP contribution in [-0.2, 0) is 15.2 Å². The Labute approximate surface area is 139 Å². The van der Waals surface area contributed by atoms with E-state index in [2.05, 4.69) is 5.32 Å². The molecule has 0 saturated heterocycles. The Morgan fingerprint density at radius 1 is 1.00 bits per heavy atom. The Balaban J connectivity index is 2.24. The van der Waals surface area contributed by atoms with Gasteiger partial charge in [0.2, 0.25) is 11.0 Å². The minimum absolute atomic E-state index is 0.139. The normalized spacial score (nSPS) is 11.0. The van der Waals surface area contributed by atoms with Gasteiger partial charge in [-0.1, -0.05) is 72.4 Å². The summed E-state index contributed by atoms with van der Waals surface area (Å²) >= 11 is 1.01. The highest BCUT2D eigenvalue weighted by Crippen LogP contribution is 2.34. The third-order valence-corrected chi connectivity index (χ3v) is 4.35. The van der Waals surface area contributed by atoms with E-state index in [0.29, 0.717) is 23.4 Å². The van der Waals surface area contributed by atoms with Crippen molar-refractivity contribution in [2.45, 2.75) is 12.5 Å².